The number of benzene rings is 1. The number of ether oxygens (including phenoxy) is 1. The maximum atomic E-state index is 13.7. The molecule has 106 valence electrons. The quantitative estimate of drug-likeness (QED) is 0.882. The third-order valence-corrected chi connectivity index (χ3v) is 3.80. The van der Waals surface area contributed by atoms with E-state index >= 15 is 0 Å². The average molecular weight is 265 g/mol. The largest absolute Gasteiger partial charge is 0.375 e. The van der Waals surface area contributed by atoms with Crippen LogP contribution in [0, 0.1) is 5.82 Å². The summed E-state index contributed by atoms with van der Waals surface area (Å²) in [6.07, 6.45) is 3.78. The molecule has 1 aromatic carbocycles. The highest BCUT2D eigenvalue weighted by atomic mass is 19.1. The van der Waals surface area contributed by atoms with E-state index in [1.54, 1.807) is 6.07 Å². The Morgan fingerprint density at radius 3 is 2.95 bits per heavy atom. The molecule has 19 heavy (non-hydrogen) atoms. The lowest BCUT2D eigenvalue weighted by atomic mass is 9.86. The highest BCUT2D eigenvalue weighted by molar-refractivity contribution is 5.19. The monoisotopic (exact) mass is 265 g/mol. The van der Waals surface area contributed by atoms with E-state index in [4.69, 9.17) is 4.74 Å². The molecule has 1 saturated heterocycles. The fraction of sp³-hybridized carbons (Fsp3) is 0.625. The molecule has 1 fully saturated rings. The van der Waals surface area contributed by atoms with Gasteiger partial charge in [-0.1, -0.05) is 25.1 Å². The van der Waals surface area contributed by atoms with Gasteiger partial charge < -0.3 is 10.1 Å². The summed E-state index contributed by atoms with van der Waals surface area (Å²) in [6.45, 7) is 6.07. The van der Waals surface area contributed by atoms with E-state index in [1.807, 2.05) is 12.1 Å². The molecule has 3 heteroatoms. The molecule has 0 aromatic heterocycles. The lowest BCUT2D eigenvalue weighted by molar-refractivity contribution is -0.0756. The fourth-order valence-corrected chi connectivity index (χ4v) is 2.82. The third-order valence-electron chi connectivity index (χ3n) is 3.80. The molecule has 2 nitrogen and oxygen atoms in total. The van der Waals surface area contributed by atoms with Crippen LogP contribution in [0.25, 0.3) is 0 Å². The predicted molar refractivity (Wildman–Crippen MR) is 75.8 cm³/mol. The molecule has 0 saturated carbocycles. The molecule has 1 aromatic rings. The van der Waals surface area contributed by atoms with Crippen LogP contribution in [-0.2, 0) is 11.2 Å². The van der Waals surface area contributed by atoms with Crippen molar-refractivity contribution >= 4 is 0 Å². The summed E-state index contributed by atoms with van der Waals surface area (Å²) in [7, 11) is 0. The second-order valence-corrected chi connectivity index (χ2v) is 5.71. The van der Waals surface area contributed by atoms with Crippen LogP contribution in [0.5, 0.6) is 0 Å². The van der Waals surface area contributed by atoms with Crippen molar-refractivity contribution in [3.05, 3.63) is 35.6 Å². The number of rotatable bonds is 5. The van der Waals surface area contributed by atoms with Crippen molar-refractivity contribution in [2.45, 2.75) is 51.2 Å². The first kappa shape index (κ1) is 14.5. The number of hydrogen-bond acceptors (Lipinski definition) is 2. The minimum atomic E-state index is -0.258. The Hall–Kier alpha value is -0.930. The zero-order valence-electron chi connectivity index (χ0n) is 11.9. The first-order valence-electron chi connectivity index (χ1n) is 7.24. The van der Waals surface area contributed by atoms with Gasteiger partial charge in [0.05, 0.1) is 5.60 Å². The smallest absolute Gasteiger partial charge is 0.126 e. The van der Waals surface area contributed by atoms with Gasteiger partial charge in [0.2, 0.25) is 0 Å². The highest BCUT2D eigenvalue weighted by Gasteiger charge is 2.33. The molecular weight excluding hydrogens is 241 g/mol. The molecule has 1 aliphatic heterocycles. The zero-order chi connectivity index (χ0) is 13.7. The first-order chi connectivity index (χ1) is 9.13. The Morgan fingerprint density at radius 1 is 1.42 bits per heavy atom. The molecule has 1 aliphatic rings. The van der Waals surface area contributed by atoms with Crippen LogP contribution < -0.4 is 5.32 Å². The van der Waals surface area contributed by atoms with Crippen molar-refractivity contribution in [3.63, 3.8) is 0 Å². The maximum absolute atomic E-state index is 13.7. The molecule has 1 heterocycles. The van der Waals surface area contributed by atoms with Gasteiger partial charge in [-0.05, 0) is 44.4 Å². The lowest BCUT2D eigenvalue weighted by Gasteiger charge is -2.39. The summed E-state index contributed by atoms with van der Waals surface area (Å²) < 4.78 is 19.7. The van der Waals surface area contributed by atoms with Gasteiger partial charge in [-0.2, -0.15) is 0 Å². The molecule has 0 amide bonds. The molecule has 0 spiro atoms. The summed E-state index contributed by atoms with van der Waals surface area (Å²) >= 11 is 0. The second kappa shape index (κ2) is 6.49. The van der Waals surface area contributed by atoms with E-state index in [1.165, 1.54) is 6.07 Å². The van der Waals surface area contributed by atoms with Crippen molar-refractivity contribution in [3.8, 4) is 0 Å². The number of hydrogen-bond donors (Lipinski definition) is 1. The third kappa shape index (κ3) is 4.02. The van der Waals surface area contributed by atoms with Gasteiger partial charge in [0.15, 0.2) is 0 Å². The molecule has 2 rings (SSSR count). The minimum Gasteiger partial charge on any atom is -0.375 e. The number of halogens is 1. The van der Waals surface area contributed by atoms with E-state index in [2.05, 4.69) is 19.2 Å². The van der Waals surface area contributed by atoms with E-state index < -0.39 is 0 Å². The second-order valence-electron chi connectivity index (χ2n) is 5.71. The Morgan fingerprint density at radius 2 is 2.21 bits per heavy atom. The van der Waals surface area contributed by atoms with Crippen molar-refractivity contribution in [1.29, 1.82) is 0 Å². The topological polar surface area (TPSA) is 21.3 Å². The van der Waals surface area contributed by atoms with Gasteiger partial charge in [0.25, 0.3) is 0 Å². The Kier molecular flexibility index (Phi) is 4.94. The van der Waals surface area contributed by atoms with Gasteiger partial charge in [-0.3, -0.25) is 0 Å². The highest BCUT2D eigenvalue weighted by Crippen LogP contribution is 2.29. The van der Waals surface area contributed by atoms with E-state index in [0.29, 0.717) is 12.5 Å². The molecule has 2 unspecified atom stereocenters. The Labute approximate surface area is 115 Å². The molecule has 0 bridgehead atoms. The normalized spacial score (nSPS) is 27.4. The molecule has 2 atom stereocenters. The van der Waals surface area contributed by atoms with Gasteiger partial charge >= 0.3 is 0 Å². The van der Waals surface area contributed by atoms with Crippen LogP contribution in [0.15, 0.2) is 24.3 Å². The van der Waals surface area contributed by atoms with E-state index in [-0.39, 0.29) is 11.4 Å². The summed E-state index contributed by atoms with van der Waals surface area (Å²) in [4.78, 5) is 0. The van der Waals surface area contributed by atoms with Gasteiger partial charge in [0, 0.05) is 19.1 Å². The van der Waals surface area contributed by atoms with Crippen molar-refractivity contribution in [1.82, 2.24) is 5.32 Å². The summed E-state index contributed by atoms with van der Waals surface area (Å²) in [6, 6.07) is 7.48. The van der Waals surface area contributed by atoms with Crippen LogP contribution in [0.3, 0.4) is 0 Å². The maximum Gasteiger partial charge on any atom is 0.126 e. The van der Waals surface area contributed by atoms with Crippen molar-refractivity contribution in [2.75, 3.05) is 13.2 Å². The Balaban J connectivity index is 1.99. The summed E-state index contributed by atoms with van der Waals surface area (Å²) in [5.74, 6) is -0.129. The van der Waals surface area contributed by atoms with Crippen LogP contribution in [0.2, 0.25) is 0 Å². The van der Waals surface area contributed by atoms with Gasteiger partial charge in [-0.25, -0.2) is 4.39 Å². The molecule has 0 aliphatic carbocycles. The zero-order valence-corrected chi connectivity index (χ0v) is 11.9. The minimum absolute atomic E-state index is 0.129. The van der Waals surface area contributed by atoms with Crippen LogP contribution in [0.4, 0.5) is 4.39 Å². The van der Waals surface area contributed by atoms with Gasteiger partial charge in [-0.15, -0.1) is 0 Å². The fourth-order valence-electron chi connectivity index (χ4n) is 2.82. The van der Waals surface area contributed by atoms with Crippen molar-refractivity contribution in [2.24, 2.45) is 0 Å². The summed E-state index contributed by atoms with van der Waals surface area (Å²) in [5.41, 5.74) is 0.493. The standard InChI is InChI=1S/C16H24FNO/c1-3-9-18-14-8-10-19-16(2,12-14)11-13-6-4-5-7-15(13)17/h4-7,14,18H,3,8-12H2,1-2H3. The van der Waals surface area contributed by atoms with Crippen LogP contribution >= 0.6 is 0 Å². The molecule has 0 radical (unpaired) electrons. The van der Waals surface area contributed by atoms with Crippen molar-refractivity contribution < 1.29 is 9.13 Å². The summed E-state index contributed by atoms with van der Waals surface area (Å²) in [5, 5.41) is 3.55. The first-order valence-corrected chi connectivity index (χ1v) is 7.24. The van der Waals surface area contributed by atoms with Gasteiger partial charge in [0.1, 0.15) is 5.82 Å². The van der Waals surface area contributed by atoms with Crippen LogP contribution in [-0.4, -0.2) is 24.8 Å². The number of nitrogens with one attached hydrogen (secondary N) is 1. The average Bonchev–Trinajstić information content (AvgIpc) is 2.39. The molecule has 1 N–H and O–H groups in total. The van der Waals surface area contributed by atoms with Crippen LogP contribution in [0.1, 0.15) is 38.7 Å². The Bertz CT molecular complexity index is 409. The molecular formula is C16H24FNO. The van der Waals surface area contributed by atoms with E-state index in [0.717, 1.165) is 38.0 Å². The SMILES string of the molecule is CCCNC1CCOC(C)(Cc2ccccc2F)C1. The lowest BCUT2D eigenvalue weighted by Crippen LogP contribution is -2.46. The predicted octanol–water partition coefficient (Wildman–Crippen LogP) is 3.31. The van der Waals surface area contributed by atoms with E-state index in [9.17, 15) is 4.39 Å².